The zero-order valence-electron chi connectivity index (χ0n) is 12.3. The molecular formula is C15H26N2OS. The molecule has 1 heterocycles. The van der Waals surface area contributed by atoms with Crippen LogP contribution in [0.15, 0.2) is 5.38 Å². The molecular weight excluding hydrogens is 256 g/mol. The van der Waals surface area contributed by atoms with Crippen LogP contribution in [0.2, 0.25) is 0 Å². The van der Waals surface area contributed by atoms with Crippen molar-refractivity contribution >= 4 is 11.3 Å². The molecule has 3 nitrogen and oxygen atoms in total. The maximum atomic E-state index is 9.65. The molecule has 1 aliphatic rings. The van der Waals surface area contributed by atoms with Crippen molar-refractivity contribution < 1.29 is 5.11 Å². The number of rotatable bonds is 4. The predicted octanol–water partition coefficient (Wildman–Crippen LogP) is 3.08. The van der Waals surface area contributed by atoms with E-state index in [1.54, 1.807) is 11.3 Å². The molecule has 0 saturated heterocycles. The van der Waals surface area contributed by atoms with E-state index in [9.17, 15) is 5.11 Å². The number of hydrogen-bond donors (Lipinski definition) is 2. The van der Waals surface area contributed by atoms with Crippen LogP contribution in [-0.4, -0.2) is 22.7 Å². The SMILES string of the molecule is CC(C)(C)c1nc(CNCC2CCCC(O)C2)cs1. The van der Waals surface area contributed by atoms with E-state index in [1.807, 2.05) is 0 Å². The Morgan fingerprint density at radius 2 is 2.21 bits per heavy atom. The molecule has 0 spiro atoms. The van der Waals surface area contributed by atoms with Crippen LogP contribution < -0.4 is 5.32 Å². The van der Waals surface area contributed by atoms with Gasteiger partial charge in [-0.2, -0.15) is 0 Å². The first kappa shape index (κ1) is 14.9. The third kappa shape index (κ3) is 4.55. The molecule has 2 N–H and O–H groups in total. The van der Waals surface area contributed by atoms with Crippen LogP contribution in [0.1, 0.15) is 57.2 Å². The van der Waals surface area contributed by atoms with Crippen molar-refractivity contribution in [1.82, 2.24) is 10.3 Å². The topological polar surface area (TPSA) is 45.2 Å². The lowest BCUT2D eigenvalue weighted by atomic mass is 9.87. The second-order valence-corrected chi connectivity index (χ2v) is 7.57. The highest BCUT2D eigenvalue weighted by Crippen LogP contribution is 2.26. The van der Waals surface area contributed by atoms with Gasteiger partial charge in [-0.05, 0) is 31.7 Å². The van der Waals surface area contributed by atoms with Crippen molar-refractivity contribution in [3.05, 3.63) is 16.1 Å². The molecule has 2 unspecified atom stereocenters. The minimum atomic E-state index is -0.0766. The highest BCUT2D eigenvalue weighted by molar-refractivity contribution is 7.09. The van der Waals surface area contributed by atoms with E-state index in [-0.39, 0.29) is 11.5 Å². The Kier molecular flexibility index (Phi) is 4.98. The number of nitrogens with zero attached hydrogens (tertiary/aromatic N) is 1. The summed E-state index contributed by atoms with van der Waals surface area (Å²) in [7, 11) is 0. The molecule has 0 radical (unpaired) electrons. The third-order valence-electron chi connectivity index (χ3n) is 3.69. The lowest BCUT2D eigenvalue weighted by Crippen LogP contribution is -2.29. The molecule has 0 aliphatic heterocycles. The Hall–Kier alpha value is -0.450. The third-order valence-corrected chi connectivity index (χ3v) is 5.00. The van der Waals surface area contributed by atoms with Crippen LogP contribution in [0.3, 0.4) is 0 Å². The smallest absolute Gasteiger partial charge is 0.0982 e. The highest BCUT2D eigenvalue weighted by atomic mass is 32.1. The average Bonchev–Trinajstić information content (AvgIpc) is 2.77. The number of hydrogen-bond acceptors (Lipinski definition) is 4. The van der Waals surface area contributed by atoms with E-state index in [0.29, 0.717) is 5.92 Å². The molecule has 1 aromatic heterocycles. The molecule has 0 bridgehead atoms. The summed E-state index contributed by atoms with van der Waals surface area (Å²) in [4.78, 5) is 4.69. The average molecular weight is 282 g/mol. The van der Waals surface area contributed by atoms with Gasteiger partial charge in [0.15, 0.2) is 0 Å². The summed E-state index contributed by atoms with van der Waals surface area (Å²) in [5.41, 5.74) is 1.29. The normalized spacial score (nSPS) is 24.6. The molecule has 4 heteroatoms. The molecule has 0 aromatic carbocycles. The summed E-state index contributed by atoms with van der Waals surface area (Å²) in [6.07, 6.45) is 4.27. The monoisotopic (exact) mass is 282 g/mol. The van der Waals surface area contributed by atoms with Crippen LogP contribution >= 0.6 is 11.3 Å². The Morgan fingerprint density at radius 3 is 2.84 bits per heavy atom. The molecule has 0 amide bonds. The van der Waals surface area contributed by atoms with Crippen molar-refractivity contribution in [2.24, 2.45) is 5.92 Å². The molecule has 19 heavy (non-hydrogen) atoms. The van der Waals surface area contributed by atoms with E-state index >= 15 is 0 Å². The zero-order valence-corrected chi connectivity index (χ0v) is 13.1. The van der Waals surface area contributed by atoms with E-state index in [2.05, 4.69) is 36.5 Å². The van der Waals surface area contributed by atoms with Gasteiger partial charge in [0.1, 0.15) is 0 Å². The zero-order chi connectivity index (χ0) is 13.9. The maximum absolute atomic E-state index is 9.65. The molecule has 1 aliphatic carbocycles. The summed E-state index contributed by atoms with van der Waals surface area (Å²) >= 11 is 1.75. The van der Waals surface area contributed by atoms with Gasteiger partial charge in [-0.25, -0.2) is 4.98 Å². The summed E-state index contributed by atoms with van der Waals surface area (Å²) in [5.74, 6) is 0.629. The fourth-order valence-corrected chi connectivity index (χ4v) is 3.49. The maximum Gasteiger partial charge on any atom is 0.0982 e. The molecule has 1 saturated carbocycles. The Labute approximate surface area is 120 Å². The van der Waals surface area contributed by atoms with Crippen molar-refractivity contribution in [2.45, 2.75) is 64.5 Å². The summed E-state index contributed by atoms with van der Waals surface area (Å²) in [5, 5.41) is 16.5. The van der Waals surface area contributed by atoms with Gasteiger partial charge in [-0.3, -0.25) is 0 Å². The molecule has 108 valence electrons. The number of aliphatic hydroxyl groups is 1. The number of aromatic nitrogens is 1. The lowest BCUT2D eigenvalue weighted by molar-refractivity contribution is 0.101. The Morgan fingerprint density at radius 1 is 1.42 bits per heavy atom. The van der Waals surface area contributed by atoms with E-state index in [0.717, 1.165) is 31.6 Å². The van der Waals surface area contributed by atoms with Crippen molar-refractivity contribution in [3.63, 3.8) is 0 Å². The van der Waals surface area contributed by atoms with Gasteiger partial charge in [0, 0.05) is 17.3 Å². The fraction of sp³-hybridized carbons (Fsp3) is 0.800. The van der Waals surface area contributed by atoms with Crippen LogP contribution in [0, 0.1) is 5.92 Å². The van der Waals surface area contributed by atoms with Gasteiger partial charge in [-0.15, -0.1) is 11.3 Å². The van der Waals surface area contributed by atoms with E-state index in [4.69, 9.17) is 0 Å². The van der Waals surface area contributed by atoms with Crippen molar-refractivity contribution in [3.8, 4) is 0 Å². The van der Waals surface area contributed by atoms with Crippen LogP contribution in [-0.2, 0) is 12.0 Å². The van der Waals surface area contributed by atoms with Crippen molar-refractivity contribution in [2.75, 3.05) is 6.54 Å². The Balaban J connectivity index is 1.75. The summed E-state index contributed by atoms with van der Waals surface area (Å²) in [6, 6.07) is 0. The van der Waals surface area contributed by atoms with Crippen LogP contribution in [0.4, 0.5) is 0 Å². The quantitative estimate of drug-likeness (QED) is 0.892. The van der Waals surface area contributed by atoms with Gasteiger partial charge < -0.3 is 10.4 Å². The predicted molar refractivity (Wildman–Crippen MR) is 80.5 cm³/mol. The fourth-order valence-electron chi connectivity index (χ4n) is 2.59. The summed E-state index contributed by atoms with van der Waals surface area (Å²) < 4.78 is 0. The standard InChI is InChI=1S/C15H26N2OS/c1-15(2,3)14-17-12(10-19-14)9-16-8-11-5-4-6-13(18)7-11/h10-11,13,16,18H,4-9H2,1-3H3. The van der Waals surface area contributed by atoms with Crippen LogP contribution in [0.5, 0.6) is 0 Å². The number of aliphatic hydroxyl groups excluding tert-OH is 1. The highest BCUT2D eigenvalue weighted by Gasteiger charge is 2.20. The van der Waals surface area contributed by atoms with Crippen LogP contribution in [0.25, 0.3) is 0 Å². The molecule has 2 rings (SSSR count). The molecule has 1 aromatic rings. The largest absolute Gasteiger partial charge is 0.393 e. The minimum Gasteiger partial charge on any atom is -0.393 e. The van der Waals surface area contributed by atoms with Gasteiger partial charge in [0.2, 0.25) is 0 Å². The van der Waals surface area contributed by atoms with Crippen molar-refractivity contribution in [1.29, 1.82) is 0 Å². The Bertz CT molecular complexity index is 397. The molecule has 2 atom stereocenters. The second kappa shape index (κ2) is 6.33. The first-order valence-corrected chi connectivity index (χ1v) is 8.17. The van der Waals surface area contributed by atoms with Gasteiger partial charge in [0.05, 0.1) is 16.8 Å². The van der Waals surface area contributed by atoms with E-state index in [1.165, 1.54) is 17.8 Å². The first-order valence-electron chi connectivity index (χ1n) is 7.29. The number of nitrogens with one attached hydrogen (secondary N) is 1. The minimum absolute atomic E-state index is 0.0766. The first-order chi connectivity index (χ1) is 8.95. The summed E-state index contributed by atoms with van der Waals surface area (Å²) in [6.45, 7) is 8.45. The van der Waals surface area contributed by atoms with E-state index < -0.39 is 0 Å². The van der Waals surface area contributed by atoms with Gasteiger partial charge in [-0.1, -0.05) is 27.2 Å². The van der Waals surface area contributed by atoms with Gasteiger partial charge >= 0.3 is 0 Å². The lowest BCUT2D eigenvalue weighted by Gasteiger charge is -2.25. The second-order valence-electron chi connectivity index (χ2n) is 6.71. The molecule has 1 fully saturated rings. The van der Waals surface area contributed by atoms with Gasteiger partial charge in [0.25, 0.3) is 0 Å². The number of thiazole rings is 1.